The molecule has 20 heavy (non-hydrogen) atoms. The van der Waals surface area contributed by atoms with Crippen LogP contribution < -0.4 is 10.5 Å². The van der Waals surface area contributed by atoms with Crippen LogP contribution in [0.2, 0.25) is 0 Å². The third kappa shape index (κ3) is 3.00. The van der Waals surface area contributed by atoms with E-state index in [9.17, 15) is 12.8 Å². The Morgan fingerprint density at radius 2 is 2.10 bits per heavy atom. The van der Waals surface area contributed by atoms with E-state index < -0.39 is 15.8 Å². The van der Waals surface area contributed by atoms with E-state index in [1.165, 1.54) is 18.3 Å². The highest BCUT2D eigenvalue weighted by atomic mass is 32.2. The molecule has 4 nitrogen and oxygen atoms in total. The van der Waals surface area contributed by atoms with E-state index in [1.807, 2.05) is 17.5 Å². The molecule has 0 amide bonds. The monoisotopic (exact) mass is 314 g/mol. The molecular formula is C13H15FN2O2S2. The average Bonchev–Trinajstić information content (AvgIpc) is 2.86. The molecule has 0 bridgehead atoms. The Balaban J connectivity index is 2.34. The number of nitrogen functional groups attached to an aromatic ring is 1. The number of sulfonamides is 1. The first kappa shape index (κ1) is 15.0. The SMILES string of the molecule is Cc1cc(F)c(N)cc1S(=O)(=O)NC(C)c1cccs1. The van der Waals surface area contributed by atoms with Gasteiger partial charge in [-0.15, -0.1) is 11.3 Å². The zero-order chi connectivity index (χ0) is 14.9. The van der Waals surface area contributed by atoms with Gasteiger partial charge in [0.2, 0.25) is 10.0 Å². The summed E-state index contributed by atoms with van der Waals surface area (Å²) in [6.45, 7) is 3.29. The molecule has 1 aromatic heterocycles. The van der Waals surface area contributed by atoms with E-state index >= 15 is 0 Å². The molecule has 1 aromatic carbocycles. The summed E-state index contributed by atoms with van der Waals surface area (Å²) < 4.78 is 40.5. The Morgan fingerprint density at radius 3 is 2.70 bits per heavy atom. The van der Waals surface area contributed by atoms with Crippen molar-refractivity contribution < 1.29 is 12.8 Å². The lowest BCUT2D eigenvalue weighted by molar-refractivity contribution is 0.567. The number of aryl methyl sites for hydroxylation is 1. The number of rotatable bonds is 4. The van der Waals surface area contributed by atoms with Crippen LogP contribution in [-0.2, 0) is 10.0 Å². The molecule has 0 fully saturated rings. The molecule has 0 aliphatic carbocycles. The molecule has 0 aliphatic rings. The van der Waals surface area contributed by atoms with E-state index in [0.717, 1.165) is 17.0 Å². The number of hydrogen-bond donors (Lipinski definition) is 2. The molecule has 0 saturated carbocycles. The first-order chi connectivity index (χ1) is 9.31. The van der Waals surface area contributed by atoms with Crippen molar-refractivity contribution in [2.45, 2.75) is 24.8 Å². The van der Waals surface area contributed by atoms with Crippen molar-refractivity contribution in [2.24, 2.45) is 0 Å². The van der Waals surface area contributed by atoms with Gasteiger partial charge in [0.05, 0.1) is 16.6 Å². The first-order valence-corrected chi connectivity index (χ1v) is 8.29. The van der Waals surface area contributed by atoms with Crippen molar-refractivity contribution in [3.63, 3.8) is 0 Å². The smallest absolute Gasteiger partial charge is 0.241 e. The molecule has 3 N–H and O–H groups in total. The lowest BCUT2D eigenvalue weighted by Gasteiger charge is -2.15. The van der Waals surface area contributed by atoms with Gasteiger partial charge >= 0.3 is 0 Å². The number of thiophene rings is 1. The van der Waals surface area contributed by atoms with E-state index in [4.69, 9.17) is 5.73 Å². The highest BCUT2D eigenvalue weighted by molar-refractivity contribution is 7.89. The third-order valence-electron chi connectivity index (χ3n) is 2.89. The van der Waals surface area contributed by atoms with Crippen molar-refractivity contribution in [1.82, 2.24) is 4.72 Å². The maximum absolute atomic E-state index is 13.3. The standard InChI is InChI=1S/C13H15FN2O2S2/c1-8-6-10(14)11(15)7-13(8)20(17,18)16-9(2)12-4-3-5-19-12/h3-7,9,16H,15H2,1-2H3. The van der Waals surface area contributed by atoms with Gasteiger partial charge in [0.15, 0.2) is 0 Å². The van der Waals surface area contributed by atoms with E-state index in [-0.39, 0.29) is 16.6 Å². The van der Waals surface area contributed by atoms with E-state index in [0.29, 0.717) is 5.56 Å². The van der Waals surface area contributed by atoms with E-state index in [1.54, 1.807) is 6.92 Å². The normalized spacial score (nSPS) is 13.3. The van der Waals surface area contributed by atoms with Crippen molar-refractivity contribution in [3.8, 4) is 0 Å². The van der Waals surface area contributed by atoms with Gasteiger partial charge in [-0.2, -0.15) is 0 Å². The van der Waals surface area contributed by atoms with Crippen LogP contribution in [0, 0.1) is 12.7 Å². The molecule has 1 atom stereocenters. The van der Waals surface area contributed by atoms with Gasteiger partial charge < -0.3 is 5.73 Å². The predicted octanol–water partition coefficient (Wildman–Crippen LogP) is 2.82. The van der Waals surface area contributed by atoms with Gasteiger partial charge in [0.25, 0.3) is 0 Å². The molecule has 7 heteroatoms. The summed E-state index contributed by atoms with van der Waals surface area (Å²) in [6, 6.07) is 5.62. The van der Waals surface area contributed by atoms with Crippen LogP contribution in [0.25, 0.3) is 0 Å². The molecule has 0 aliphatic heterocycles. The fourth-order valence-corrected chi connectivity index (χ4v) is 4.14. The van der Waals surface area contributed by atoms with Gasteiger partial charge in [-0.3, -0.25) is 0 Å². The number of nitrogens with two attached hydrogens (primary N) is 1. The largest absolute Gasteiger partial charge is 0.396 e. The van der Waals surface area contributed by atoms with Crippen LogP contribution >= 0.6 is 11.3 Å². The number of benzene rings is 1. The maximum atomic E-state index is 13.3. The number of nitrogens with one attached hydrogen (secondary N) is 1. The second kappa shape index (κ2) is 5.51. The Morgan fingerprint density at radius 1 is 1.40 bits per heavy atom. The molecule has 0 saturated heterocycles. The highest BCUT2D eigenvalue weighted by Crippen LogP contribution is 2.25. The second-order valence-corrected chi connectivity index (χ2v) is 7.16. The molecule has 0 radical (unpaired) electrons. The first-order valence-electron chi connectivity index (χ1n) is 5.92. The summed E-state index contributed by atoms with van der Waals surface area (Å²) in [6.07, 6.45) is 0. The Hall–Kier alpha value is -1.44. The van der Waals surface area contributed by atoms with Crippen LogP contribution in [0.5, 0.6) is 0 Å². The van der Waals surface area contributed by atoms with Gasteiger partial charge in [-0.1, -0.05) is 6.07 Å². The molecule has 108 valence electrons. The van der Waals surface area contributed by atoms with Crippen molar-refractivity contribution in [1.29, 1.82) is 0 Å². The summed E-state index contributed by atoms with van der Waals surface area (Å²) in [5.41, 5.74) is 5.59. The minimum absolute atomic E-state index is 0.000180. The van der Waals surface area contributed by atoms with Crippen LogP contribution in [0.15, 0.2) is 34.5 Å². The molecule has 0 spiro atoms. The van der Waals surface area contributed by atoms with Crippen LogP contribution in [0.4, 0.5) is 10.1 Å². The van der Waals surface area contributed by atoms with E-state index in [2.05, 4.69) is 4.72 Å². The van der Waals surface area contributed by atoms with Crippen molar-refractivity contribution >= 4 is 27.0 Å². The summed E-state index contributed by atoms with van der Waals surface area (Å²) in [4.78, 5) is 0.904. The number of anilines is 1. The minimum Gasteiger partial charge on any atom is -0.396 e. The minimum atomic E-state index is -3.75. The summed E-state index contributed by atoms with van der Waals surface area (Å²) in [5.74, 6) is -0.618. The van der Waals surface area contributed by atoms with Crippen LogP contribution in [-0.4, -0.2) is 8.42 Å². The van der Waals surface area contributed by atoms with Gasteiger partial charge in [-0.05, 0) is 43.0 Å². The van der Waals surface area contributed by atoms with Gasteiger partial charge in [-0.25, -0.2) is 17.5 Å². The van der Waals surface area contributed by atoms with Crippen molar-refractivity contribution in [3.05, 3.63) is 45.9 Å². The summed E-state index contributed by atoms with van der Waals surface area (Å²) in [7, 11) is -3.75. The molecule has 2 aromatic rings. The maximum Gasteiger partial charge on any atom is 0.241 e. The highest BCUT2D eigenvalue weighted by Gasteiger charge is 2.22. The quantitative estimate of drug-likeness (QED) is 0.852. The fourth-order valence-electron chi connectivity index (χ4n) is 1.85. The van der Waals surface area contributed by atoms with Crippen molar-refractivity contribution in [2.75, 3.05) is 5.73 Å². The number of hydrogen-bond acceptors (Lipinski definition) is 4. The topological polar surface area (TPSA) is 72.2 Å². The molecule has 1 unspecified atom stereocenters. The fraction of sp³-hybridized carbons (Fsp3) is 0.231. The Bertz CT molecular complexity index is 712. The predicted molar refractivity (Wildman–Crippen MR) is 78.6 cm³/mol. The lowest BCUT2D eigenvalue weighted by Crippen LogP contribution is -2.27. The Labute approximate surface area is 121 Å². The average molecular weight is 314 g/mol. The number of halogens is 1. The van der Waals surface area contributed by atoms with Gasteiger partial charge in [0, 0.05) is 4.88 Å². The Kier molecular flexibility index (Phi) is 4.12. The van der Waals surface area contributed by atoms with Gasteiger partial charge in [0.1, 0.15) is 5.82 Å². The molecule has 1 heterocycles. The molecular weight excluding hydrogens is 299 g/mol. The second-order valence-electron chi connectivity index (χ2n) is 4.50. The lowest BCUT2D eigenvalue weighted by atomic mass is 10.2. The zero-order valence-electron chi connectivity index (χ0n) is 11.1. The third-order valence-corrected chi connectivity index (χ3v) is 5.62. The summed E-state index contributed by atoms with van der Waals surface area (Å²) in [5, 5.41) is 1.88. The molecule has 2 rings (SSSR count). The summed E-state index contributed by atoms with van der Waals surface area (Å²) >= 11 is 1.47. The van der Waals surface area contributed by atoms with Crippen LogP contribution in [0.3, 0.4) is 0 Å². The zero-order valence-corrected chi connectivity index (χ0v) is 12.7. The van der Waals surface area contributed by atoms with Crippen LogP contribution in [0.1, 0.15) is 23.4 Å².